The second kappa shape index (κ2) is 11.0. The number of ether oxygens (including phenoxy) is 3. The van der Waals surface area contributed by atoms with Crippen molar-refractivity contribution in [1.29, 1.82) is 5.26 Å². The van der Waals surface area contributed by atoms with Crippen molar-refractivity contribution < 1.29 is 24.1 Å². The normalized spacial score (nSPS) is 17.1. The van der Waals surface area contributed by atoms with E-state index in [9.17, 15) is 15.2 Å². The van der Waals surface area contributed by atoms with Gasteiger partial charge in [-0.1, -0.05) is 48.5 Å². The highest BCUT2D eigenvalue weighted by Crippen LogP contribution is 2.40. The summed E-state index contributed by atoms with van der Waals surface area (Å²) in [6, 6.07) is 19.4. The summed E-state index contributed by atoms with van der Waals surface area (Å²) in [6.07, 6.45) is 2.79. The predicted octanol–water partition coefficient (Wildman–Crippen LogP) is 4.59. The van der Waals surface area contributed by atoms with E-state index in [2.05, 4.69) is 6.07 Å². The van der Waals surface area contributed by atoms with Crippen molar-refractivity contribution in [2.75, 3.05) is 26.9 Å². The van der Waals surface area contributed by atoms with Crippen molar-refractivity contribution in [2.24, 2.45) is 0 Å². The topological polar surface area (TPSA) is 92.0 Å². The van der Waals surface area contributed by atoms with Gasteiger partial charge in [0.15, 0.2) is 0 Å². The van der Waals surface area contributed by atoms with E-state index in [-0.39, 0.29) is 13.2 Å². The molecule has 1 saturated heterocycles. The Morgan fingerprint density at radius 3 is 2.70 bits per heavy atom. The van der Waals surface area contributed by atoms with Crippen molar-refractivity contribution in [3.8, 4) is 28.7 Å². The van der Waals surface area contributed by atoms with Gasteiger partial charge in [0.1, 0.15) is 30.2 Å². The van der Waals surface area contributed by atoms with Crippen LogP contribution in [0.15, 0.2) is 54.6 Å². The molecule has 1 fully saturated rings. The molecular formula is C30H30N2O5. The van der Waals surface area contributed by atoms with E-state index in [0.29, 0.717) is 31.0 Å². The Morgan fingerprint density at radius 2 is 1.95 bits per heavy atom. The molecule has 1 unspecified atom stereocenters. The fourth-order valence-electron chi connectivity index (χ4n) is 5.40. The minimum atomic E-state index is -0.874. The fraction of sp³-hybridized carbons (Fsp3) is 0.333. The number of morpholine rings is 1. The van der Waals surface area contributed by atoms with Crippen LogP contribution >= 0.6 is 0 Å². The number of aliphatic carboxylic acids is 1. The van der Waals surface area contributed by atoms with Crippen LogP contribution in [0.4, 0.5) is 0 Å². The molecule has 5 rings (SSSR count). The zero-order chi connectivity index (χ0) is 25.8. The van der Waals surface area contributed by atoms with Crippen LogP contribution in [-0.4, -0.2) is 48.9 Å². The number of carboxylic acids is 1. The third-order valence-corrected chi connectivity index (χ3v) is 7.28. The van der Waals surface area contributed by atoms with E-state index in [4.69, 9.17) is 14.2 Å². The van der Waals surface area contributed by atoms with E-state index in [1.165, 1.54) is 5.56 Å². The number of fused-ring (bicyclic) bond motifs is 1. The second-order valence-corrected chi connectivity index (χ2v) is 9.37. The Kier molecular flexibility index (Phi) is 7.40. The van der Waals surface area contributed by atoms with Gasteiger partial charge >= 0.3 is 5.97 Å². The van der Waals surface area contributed by atoms with Gasteiger partial charge in [0.25, 0.3) is 0 Å². The highest BCUT2D eigenvalue weighted by atomic mass is 16.5. The summed E-state index contributed by atoms with van der Waals surface area (Å²) in [4.78, 5) is 13.7. The zero-order valence-electron chi connectivity index (χ0n) is 20.9. The molecule has 1 heterocycles. The van der Waals surface area contributed by atoms with Crippen LogP contribution in [0.3, 0.4) is 0 Å². The van der Waals surface area contributed by atoms with Crippen LogP contribution in [-0.2, 0) is 35.5 Å². The number of carboxylic acid groups (broad SMARTS) is 1. The van der Waals surface area contributed by atoms with Crippen LogP contribution < -0.4 is 9.47 Å². The van der Waals surface area contributed by atoms with Crippen LogP contribution in [0.1, 0.15) is 34.2 Å². The second-order valence-electron chi connectivity index (χ2n) is 9.37. The van der Waals surface area contributed by atoms with Gasteiger partial charge in [-0.2, -0.15) is 5.26 Å². The first-order valence-corrected chi connectivity index (χ1v) is 12.6. The van der Waals surface area contributed by atoms with Gasteiger partial charge in [0.2, 0.25) is 0 Å². The molecule has 3 aromatic rings. The maximum atomic E-state index is 11.8. The Morgan fingerprint density at radius 1 is 1.14 bits per heavy atom. The third-order valence-electron chi connectivity index (χ3n) is 7.28. The molecule has 37 heavy (non-hydrogen) atoms. The lowest BCUT2D eigenvalue weighted by molar-refractivity contribution is -0.150. The first-order chi connectivity index (χ1) is 18.1. The zero-order valence-corrected chi connectivity index (χ0v) is 20.9. The lowest BCUT2D eigenvalue weighted by Gasteiger charge is -2.33. The lowest BCUT2D eigenvalue weighted by Crippen LogP contribution is -2.49. The third kappa shape index (κ3) is 5.04. The number of hydrogen-bond donors (Lipinski definition) is 1. The highest BCUT2D eigenvalue weighted by Gasteiger charge is 2.32. The smallest absolute Gasteiger partial charge is 0.323 e. The minimum absolute atomic E-state index is 0.185. The summed E-state index contributed by atoms with van der Waals surface area (Å²) >= 11 is 0. The summed E-state index contributed by atoms with van der Waals surface area (Å²) in [5, 5.41) is 19.6. The van der Waals surface area contributed by atoms with Crippen molar-refractivity contribution in [1.82, 2.24) is 4.90 Å². The predicted molar refractivity (Wildman–Crippen MR) is 139 cm³/mol. The SMILES string of the molecule is COc1cc(OCc2cccc(-c3ccccc3)c2C#N)c2c(c1CN1CCOCC1C(=O)O)CCC2. The van der Waals surface area contributed by atoms with Gasteiger partial charge in [-0.05, 0) is 41.5 Å². The van der Waals surface area contributed by atoms with E-state index in [1.54, 1.807) is 7.11 Å². The van der Waals surface area contributed by atoms with E-state index >= 15 is 0 Å². The van der Waals surface area contributed by atoms with Gasteiger partial charge in [0.05, 0.1) is 25.9 Å². The molecule has 0 amide bonds. The van der Waals surface area contributed by atoms with E-state index in [1.807, 2.05) is 59.5 Å². The van der Waals surface area contributed by atoms with Crippen LogP contribution in [0.25, 0.3) is 11.1 Å². The summed E-state index contributed by atoms with van der Waals surface area (Å²) in [6.45, 7) is 2.01. The minimum Gasteiger partial charge on any atom is -0.496 e. The molecule has 7 heteroatoms. The molecule has 0 aromatic heterocycles. The van der Waals surface area contributed by atoms with Gasteiger partial charge in [-0.25, -0.2) is 0 Å². The molecule has 190 valence electrons. The Labute approximate surface area is 216 Å². The molecule has 0 radical (unpaired) electrons. The van der Waals surface area contributed by atoms with Crippen molar-refractivity contribution in [2.45, 2.75) is 38.5 Å². The number of rotatable bonds is 8. The largest absolute Gasteiger partial charge is 0.496 e. The summed E-state index contributed by atoms with van der Waals surface area (Å²) in [5.41, 5.74) is 6.69. The average Bonchev–Trinajstić information content (AvgIpc) is 3.43. The molecule has 3 aromatic carbocycles. The van der Waals surface area contributed by atoms with Crippen molar-refractivity contribution >= 4 is 5.97 Å². The number of nitrogens with zero attached hydrogens (tertiary/aromatic N) is 2. The van der Waals surface area contributed by atoms with E-state index in [0.717, 1.165) is 52.8 Å². The van der Waals surface area contributed by atoms with Gasteiger partial charge < -0.3 is 19.3 Å². The Bertz CT molecular complexity index is 1330. The van der Waals surface area contributed by atoms with Crippen molar-refractivity contribution in [3.05, 3.63) is 82.4 Å². The maximum absolute atomic E-state index is 11.8. The monoisotopic (exact) mass is 498 g/mol. The molecule has 0 spiro atoms. The van der Waals surface area contributed by atoms with Crippen LogP contribution in [0.5, 0.6) is 11.5 Å². The Balaban J connectivity index is 1.43. The van der Waals surface area contributed by atoms with Crippen molar-refractivity contribution in [3.63, 3.8) is 0 Å². The molecule has 1 aliphatic carbocycles. The first-order valence-electron chi connectivity index (χ1n) is 12.6. The van der Waals surface area contributed by atoms with Crippen LogP contribution in [0, 0.1) is 11.3 Å². The summed E-state index contributed by atoms with van der Waals surface area (Å²) < 4.78 is 17.6. The molecule has 1 N–H and O–H groups in total. The maximum Gasteiger partial charge on any atom is 0.323 e. The molecular weight excluding hydrogens is 468 g/mol. The Hall–Kier alpha value is -3.86. The summed E-state index contributed by atoms with van der Waals surface area (Å²) in [5.74, 6) is 0.588. The highest BCUT2D eigenvalue weighted by molar-refractivity contribution is 5.74. The van der Waals surface area contributed by atoms with E-state index < -0.39 is 12.0 Å². The number of nitriles is 1. The molecule has 1 atom stereocenters. The summed E-state index contributed by atoms with van der Waals surface area (Å²) in [7, 11) is 1.63. The van der Waals surface area contributed by atoms with Crippen LogP contribution in [0.2, 0.25) is 0 Å². The number of carbonyl (C=O) groups is 1. The van der Waals surface area contributed by atoms with Gasteiger partial charge in [-0.3, -0.25) is 9.69 Å². The standard InChI is InChI=1S/C30H30N2O5/c1-35-28-15-29(37-18-21-9-5-10-22(25(21)16-31)20-7-3-2-4-8-20)24-12-6-11-23(24)26(28)17-32-13-14-36-19-27(32)30(33)34/h2-5,7-10,15,27H,6,11-14,17-19H2,1H3,(H,33,34). The molecule has 1 aliphatic heterocycles. The average molecular weight is 499 g/mol. The molecule has 2 aliphatic rings. The number of hydrogen-bond acceptors (Lipinski definition) is 6. The fourth-order valence-corrected chi connectivity index (χ4v) is 5.40. The lowest BCUT2D eigenvalue weighted by atomic mass is 9.96. The first kappa shape index (κ1) is 24.8. The quantitative estimate of drug-likeness (QED) is 0.486. The number of benzene rings is 3. The van der Waals surface area contributed by atoms with Gasteiger partial charge in [0, 0.05) is 30.3 Å². The number of methoxy groups -OCH3 is 1. The molecule has 7 nitrogen and oxygen atoms in total. The molecule has 0 saturated carbocycles. The molecule has 0 bridgehead atoms. The van der Waals surface area contributed by atoms with Gasteiger partial charge in [-0.15, -0.1) is 0 Å².